The maximum atomic E-state index is 13.0. The second kappa shape index (κ2) is 6.83. The number of carboxylic acid groups (broad SMARTS) is 1. The fourth-order valence-corrected chi connectivity index (χ4v) is 1.58. The van der Waals surface area contributed by atoms with Crippen molar-refractivity contribution in [2.75, 3.05) is 11.9 Å². The van der Waals surface area contributed by atoms with Crippen LogP contribution in [0, 0.1) is 11.6 Å². The van der Waals surface area contributed by atoms with E-state index in [1.807, 2.05) is 0 Å². The van der Waals surface area contributed by atoms with E-state index < -0.39 is 23.6 Å². The first kappa shape index (κ1) is 15.9. The number of urea groups is 1. The lowest BCUT2D eigenvalue weighted by molar-refractivity contribution is -0.137. The lowest BCUT2D eigenvalue weighted by Gasteiger charge is -2.26. The Hall–Kier alpha value is -2.18. The van der Waals surface area contributed by atoms with E-state index in [4.69, 9.17) is 5.11 Å². The highest BCUT2D eigenvalue weighted by Crippen LogP contribution is 2.14. The van der Waals surface area contributed by atoms with Crippen LogP contribution in [0.1, 0.15) is 20.3 Å². The van der Waals surface area contributed by atoms with Gasteiger partial charge in [-0.2, -0.15) is 0 Å². The molecule has 0 spiro atoms. The first-order chi connectivity index (χ1) is 9.31. The molecule has 110 valence electrons. The lowest BCUT2D eigenvalue weighted by atomic mass is 10.3. The van der Waals surface area contributed by atoms with E-state index in [0.29, 0.717) is 0 Å². The van der Waals surface area contributed by atoms with E-state index >= 15 is 0 Å². The summed E-state index contributed by atoms with van der Waals surface area (Å²) in [4.78, 5) is 23.8. The zero-order valence-electron chi connectivity index (χ0n) is 11.2. The third-order valence-corrected chi connectivity index (χ3v) is 2.62. The number of benzene rings is 1. The van der Waals surface area contributed by atoms with Crippen LogP contribution in [0.5, 0.6) is 0 Å². The zero-order valence-corrected chi connectivity index (χ0v) is 11.2. The Morgan fingerprint density at radius 2 is 1.95 bits per heavy atom. The third-order valence-electron chi connectivity index (χ3n) is 2.62. The van der Waals surface area contributed by atoms with Crippen molar-refractivity contribution in [2.24, 2.45) is 0 Å². The van der Waals surface area contributed by atoms with Gasteiger partial charge in [0.15, 0.2) is 11.6 Å². The van der Waals surface area contributed by atoms with Gasteiger partial charge in [0, 0.05) is 24.3 Å². The average Bonchev–Trinajstić information content (AvgIpc) is 2.33. The molecule has 2 N–H and O–H groups in total. The molecule has 0 fully saturated rings. The third kappa shape index (κ3) is 4.49. The van der Waals surface area contributed by atoms with Crippen molar-refractivity contribution in [3.8, 4) is 0 Å². The van der Waals surface area contributed by atoms with E-state index in [0.717, 1.165) is 12.1 Å². The van der Waals surface area contributed by atoms with E-state index in [1.54, 1.807) is 13.8 Å². The second-order valence-electron chi connectivity index (χ2n) is 4.49. The number of nitrogens with zero attached hydrogens (tertiary/aromatic N) is 1. The molecule has 20 heavy (non-hydrogen) atoms. The van der Waals surface area contributed by atoms with Crippen molar-refractivity contribution in [3.63, 3.8) is 0 Å². The molecule has 0 aliphatic heterocycles. The number of hydrogen-bond acceptors (Lipinski definition) is 2. The maximum Gasteiger partial charge on any atom is 0.322 e. The number of aliphatic carboxylic acids is 1. The number of anilines is 1. The Balaban J connectivity index is 2.74. The molecule has 1 aromatic rings. The van der Waals surface area contributed by atoms with Gasteiger partial charge in [-0.3, -0.25) is 4.79 Å². The molecule has 1 aromatic carbocycles. The number of hydrogen-bond donors (Lipinski definition) is 2. The van der Waals surface area contributed by atoms with Crippen molar-refractivity contribution < 1.29 is 23.5 Å². The number of carbonyl (C=O) groups excluding carboxylic acids is 1. The van der Waals surface area contributed by atoms with Gasteiger partial charge in [0.1, 0.15) is 0 Å². The van der Waals surface area contributed by atoms with Crippen LogP contribution in [0.15, 0.2) is 18.2 Å². The highest BCUT2D eigenvalue weighted by molar-refractivity contribution is 5.89. The van der Waals surface area contributed by atoms with Crippen molar-refractivity contribution in [1.82, 2.24) is 4.90 Å². The maximum absolute atomic E-state index is 13.0. The Kier molecular flexibility index (Phi) is 5.42. The molecule has 0 radical (unpaired) electrons. The molecule has 0 aliphatic carbocycles. The standard InChI is InChI=1S/C13H16F2N2O3/c1-8(2)17(6-5-12(18)19)13(20)16-9-3-4-10(14)11(15)7-9/h3-4,7-8H,5-6H2,1-2H3,(H,16,20)(H,18,19). The molecular weight excluding hydrogens is 270 g/mol. The molecule has 2 amide bonds. The molecule has 7 heteroatoms. The minimum Gasteiger partial charge on any atom is -0.481 e. The second-order valence-corrected chi connectivity index (χ2v) is 4.49. The predicted molar refractivity (Wildman–Crippen MR) is 69.5 cm³/mol. The number of rotatable bonds is 5. The van der Waals surface area contributed by atoms with E-state index in [2.05, 4.69) is 5.32 Å². The summed E-state index contributed by atoms with van der Waals surface area (Å²) in [5.74, 6) is -3.09. The van der Waals surface area contributed by atoms with Crippen molar-refractivity contribution >= 4 is 17.7 Å². The SMILES string of the molecule is CC(C)N(CCC(=O)O)C(=O)Nc1ccc(F)c(F)c1. The fraction of sp³-hybridized carbons (Fsp3) is 0.385. The molecule has 0 aliphatic rings. The zero-order chi connectivity index (χ0) is 15.3. The predicted octanol–water partition coefficient (Wildman–Crippen LogP) is 2.68. The molecule has 0 heterocycles. The quantitative estimate of drug-likeness (QED) is 0.874. The highest BCUT2D eigenvalue weighted by atomic mass is 19.2. The molecule has 0 unspecified atom stereocenters. The summed E-state index contributed by atoms with van der Waals surface area (Å²) < 4.78 is 25.8. The molecule has 0 atom stereocenters. The van der Waals surface area contributed by atoms with Crippen LogP contribution in [0.25, 0.3) is 0 Å². The molecule has 0 aromatic heterocycles. The van der Waals surface area contributed by atoms with Crippen molar-refractivity contribution in [2.45, 2.75) is 26.3 Å². The summed E-state index contributed by atoms with van der Waals surface area (Å²) in [6.45, 7) is 3.49. The number of carboxylic acids is 1. The van der Waals surface area contributed by atoms with Crippen LogP contribution >= 0.6 is 0 Å². The van der Waals surface area contributed by atoms with E-state index in [-0.39, 0.29) is 24.7 Å². The van der Waals surface area contributed by atoms with Gasteiger partial charge < -0.3 is 15.3 Å². The Morgan fingerprint density at radius 1 is 1.30 bits per heavy atom. The normalized spacial score (nSPS) is 10.4. The average molecular weight is 286 g/mol. The first-order valence-electron chi connectivity index (χ1n) is 6.05. The van der Waals surface area contributed by atoms with Crippen LogP contribution in [-0.2, 0) is 4.79 Å². The first-order valence-corrected chi connectivity index (χ1v) is 6.05. The molecular formula is C13H16F2N2O3. The minimum absolute atomic E-state index is 0.0303. The minimum atomic E-state index is -1.07. The largest absolute Gasteiger partial charge is 0.481 e. The highest BCUT2D eigenvalue weighted by Gasteiger charge is 2.18. The topological polar surface area (TPSA) is 69.6 Å². The van der Waals surface area contributed by atoms with Gasteiger partial charge in [0.2, 0.25) is 0 Å². The smallest absolute Gasteiger partial charge is 0.322 e. The van der Waals surface area contributed by atoms with Gasteiger partial charge >= 0.3 is 12.0 Å². The molecule has 0 saturated carbocycles. The summed E-state index contributed by atoms with van der Waals surface area (Å²) in [5.41, 5.74) is 0.106. The summed E-state index contributed by atoms with van der Waals surface area (Å²) in [5, 5.41) is 11.0. The Morgan fingerprint density at radius 3 is 2.45 bits per heavy atom. The lowest BCUT2D eigenvalue weighted by Crippen LogP contribution is -2.41. The van der Waals surface area contributed by atoms with Crippen LogP contribution < -0.4 is 5.32 Å². The summed E-state index contributed by atoms with van der Waals surface area (Å²) in [6, 6.07) is 2.21. The molecule has 1 rings (SSSR count). The van der Waals surface area contributed by atoms with Crippen LogP contribution in [0.3, 0.4) is 0 Å². The molecule has 5 nitrogen and oxygen atoms in total. The van der Waals surface area contributed by atoms with Crippen LogP contribution in [-0.4, -0.2) is 34.6 Å². The van der Waals surface area contributed by atoms with E-state index in [9.17, 15) is 18.4 Å². The van der Waals surface area contributed by atoms with Crippen LogP contribution in [0.4, 0.5) is 19.3 Å². The Bertz CT molecular complexity index is 506. The monoisotopic (exact) mass is 286 g/mol. The summed E-state index contributed by atoms with van der Waals surface area (Å²) in [7, 11) is 0. The number of halogens is 2. The molecule has 0 bridgehead atoms. The molecule has 0 saturated heterocycles. The summed E-state index contributed by atoms with van der Waals surface area (Å²) >= 11 is 0. The fourth-order valence-electron chi connectivity index (χ4n) is 1.58. The summed E-state index contributed by atoms with van der Waals surface area (Å²) in [6.07, 6.45) is -0.191. The van der Waals surface area contributed by atoms with Crippen molar-refractivity contribution in [1.29, 1.82) is 0 Å². The van der Waals surface area contributed by atoms with Gasteiger partial charge in [-0.25, -0.2) is 13.6 Å². The van der Waals surface area contributed by atoms with Gasteiger partial charge in [0.25, 0.3) is 0 Å². The number of carbonyl (C=O) groups is 2. The van der Waals surface area contributed by atoms with E-state index in [1.165, 1.54) is 11.0 Å². The Labute approximate surface area is 115 Å². The van der Waals surface area contributed by atoms with Crippen LogP contribution in [0.2, 0.25) is 0 Å². The van der Waals surface area contributed by atoms with Gasteiger partial charge in [0.05, 0.1) is 6.42 Å². The van der Waals surface area contributed by atoms with Gasteiger partial charge in [-0.15, -0.1) is 0 Å². The van der Waals surface area contributed by atoms with Gasteiger partial charge in [-0.1, -0.05) is 0 Å². The van der Waals surface area contributed by atoms with Gasteiger partial charge in [-0.05, 0) is 26.0 Å². The number of nitrogens with one attached hydrogen (secondary N) is 1. The van der Waals surface area contributed by atoms with Crippen molar-refractivity contribution in [3.05, 3.63) is 29.8 Å². The number of amides is 2.